The van der Waals surface area contributed by atoms with Crippen LogP contribution in [0.2, 0.25) is 10.0 Å². The maximum absolute atomic E-state index is 11.6. The van der Waals surface area contributed by atoms with E-state index in [1.165, 1.54) is 12.1 Å². The third-order valence-electron chi connectivity index (χ3n) is 2.31. The molecule has 0 aliphatic heterocycles. The molecule has 0 aliphatic rings. The van der Waals surface area contributed by atoms with Gasteiger partial charge in [0.25, 0.3) is 0 Å². The first kappa shape index (κ1) is 14.8. The van der Waals surface area contributed by atoms with Crippen molar-refractivity contribution in [1.29, 1.82) is 0 Å². The van der Waals surface area contributed by atoms with Gasteiger partial charge in [-0.2, -0.15) is 0 Å². The second-order valence-corrected chi connectivity index (χ2v) is 4.61. The van der Waals surface area contributed by atoms with Crippen LogP contribution >= 0.6 is 23.2 Å². The average Bonchev–Trinajstić information content (AvgIpc) is 2.29. The summed E-state index contributed by atoms with van der Waals surface area (Å²) in [7, 11) is 0. The predicted molar refractivity (Wildman–Crippen MR) is 71.6 cm³/mol. The first-order valence-electron chi connectivity index (χ1n) is 5.48. The average molecular weight is 290 g/mol. The quantitative estimate of drug-likeness (QED) is 0.866. The van der Waals surface area contributed by atoms with E-state index in [-0.39, 0.29) is 27.2 Å². The lowest BCUT2D eigenvalue weighted by atomic mass is 10.1. The Morgan fingerprint density at radius 3 is 2.56 bits per heavy atom. The smallest absolute Gasteiger partial charge is 0.337 e. The molecule has 0 atom stereocenters. The van der Waals surface area contributed by atoms with E-state index in [1.54, 1.807) is 0 Å². The van der Waals surface area contributed by atoms with Crippen molar-refractivity contribution in [3.05, 3.63) is 27.7 Å². The van der Waals surface area contributed by atoms with Crippen molar-refractivity contribution in [2.45, 2.75) is 26.2 Å². The lowest BCUT2D eigenvalue weighted by Gasteiger charge is -2.10. The van der Waals surface area contributed by atoms with E-state index in [0.717, 1.165) is 12.8 Å². The molecule has 1 aromatic rings. The van der Waals surface area contributed by atoms with Gasteiger partial charge in [0.15, 0.2) is 0 Å². The fourth-order valence-corrected chi connectivity index (χ4v) is 1.95. The molecule has 6 heteroatoms. The van der Waals surface area contributed by atoms with Gasteiger partial charge in [-0.25, -0.2) is 4.79 Å². The zero-order valence-electron chi connectivity index (χ0n) is 9.80. The zero-order chi connectivity index (χ0) is 13.7. The Morgan fingerprint density at radius 2 is 2.00 bits per heavy atom. The molecule has 0 unspecified atom stereocenters. The molecule has 1 aromatic carbocycles. The van der Waals surface area contributed by atoms with Crippen LogP contribution in [0.3, 0.4) is 0 Å². The first-order chi connectivity index (χ1) is 8.45. The number of nitrogens with one attached hydrogen (secondary N) is 1. The van der Waals surface area contributed by atoms with Crippen molar-refractivity contribution < 1.29 is 14.7 Å². The van der Waals surface area contributed by atoms with Crippen molar-refractivity contribution >= 4 is 40.8 Å². The Bertz CT molecular complexity index is 475. The van der Waals surface area contributed by atoms with E-state index in [1.807, 2.05) is 6.92 Å². The molecule has 4 nitrogen and oxygen atoms in total. The van der Waals surface area contributed by atoms with Crippen LogP contribution in [0, 0.1) is 0 Å². The second-order valence-electron chi connectivity index (χ2n) is 3.77. The Kier molecular flexibility index (Phi) is 5.44. The standard InChI is InChI=1S/C12H13Cl2NO3/c1-2-3-4-10(16)15-11-8(12(17)18)5-7(13)6-9(11)14/h5-6H,2-4H2,1H3,(H,15,16)(H,17,18). The number of carbonyl (C=O) groups is 2. The lowest BCUT2D eigenvalue weighted by molar-refractivity contribution is -0.116. The molecular formula is C12H13Cl2NO3. The maximum atomic E-state index is 11.6. The number of benzene rings is 1. The van der Waals surface area contributed by atoms with Crippen molar-refractivity contribution in [2.24, 2.45) is 0 Å². The summed E-state index contributed by atoms with van der Waals surface area (Å²) in [4.78, 5) is 22.6. The fourth-order valence-electron chi connectivity index (χ4n) is 1.41. The summed E-state index contributed by atoms with van der Waals surface area (Å²) >= 11 is 11.6. The highest BCUT2D eigenvalue weighted by atomic mass is 35.5. The van der Waals surface area contributed by atoms with Gasteiger partial charge in [0.05, 0.1) is 16.3 Å². The highest BCUT2D eigenvalue weighted by Gasteiger charge is 2.16. The van der Waals surface area contributed by atoms with Gasteiger partial charge in [0, 0.05) is 11.4 Å². The molecule has 1 rings (SSSR count). The maximum Gasteiger partial charge on any atom is 0.337 e. The number of anilines is 1. The largest absolute Gasteiger partial charge is 0.478 e. The van der Waals surface area contributed by atoms with Gasteiger partial charge in [-0.3, -0.25) is 4.79 Å². The Hall–Kier alpha value is -1.26. The molecule has 2 N–H and O–H groups in total. The van der Waals surface area contributed by atoms with Crippen molar-refractivity contribution in [3.63, 3.8) is 0 Å². The Labute approximate surface area is 115 Å². The molecule has 0 saturated heterocycles. The highest BCUT2D eigenvalue weighted by Crippen LogP contribution is 2.30. The number of hydrogen-bond acceptors (Lipinski definition) is 2. The molecule has 0 bridgehead atoms. The van der Waals surface area contributed by atoms with Gasteiger partial charge >= 0.3 is 5.97 Å². The van der Waals surface area contributed by atoms with Gasteiger partial charge in [-0.1, -0.05) is 36.5 Å². The number of rotatable bonds is 5. The summed E-state index contributed by atoms with van der Waals surface area (Å²) in [5.74, 6) is -1.45. The molecule has 1 amide bonds. The van der Waals surface area contributed by atoms with Crippen LogP contribution in [0.4, 0.5) is 5.69 Å². The van der Waals surface area contributed by atoms with Gasteiger partial charge in [0.1, 0.15) is 0 Å². The number of halogens is 2. The summed E-state index contributed by atoms with van der Waals surface area (Å²) in [6.45, 7) is 1.96. The first-order valence-corrected chi connectivity index (χ1v) is 6.23. The molecule has 0 saturated carbocycles. The normalized spacial score (nSPS) is 10.2. The number of unbranched alkanes of at least 4 members (excludes halogenated alkanes) is 1. The molecule has 98 valence electrons. The molecule has 18 heavy (non-hydrogen) atoms. The number of carbonyl (C=O) groups excluding carboxylic acids is 1. The number of carboxylic acids is 1. The van der Waals surface area contributed by atoms with Crippen molar-refractivity contribution in [2.75, 3.05) is 5.32 Å². The molecule has 0 aromatic heterocycles. The van der Waals surface area contributed by atoms with E-state index >= 15 is 0 Å². The summed E-state index contributed by atoms with van der Waals surface area (Å²) < 4.78 is 0. The van der Waals surface area contributed by atoms with Crippen molar-refractivity contribution in [1.82, 2.24) is 0 Å². The fraction of sp³-hybridized carbons (Fsp3) is 0.333. The minimum absolute atomic E-state index is 0.0923. The van der Waals surface area contributed by atoms with Crippen LogP contribution in [-0.4, -0.2) is 17.0 Å². The number of amides is 1. The third kappa shape index (κ3) is 3.89. The van der Waals surface area contributed by atoms with Gasteiger partial charge in [-0.05, 0) is 18.6 Å². The molecule has 0 radical (unpaired) electrons. The number of carboxylic acid groups (broad SMARTS) is 1. The van der Waals surface area contributed by atoms with Crippen LogP contribution in [0.1, 0.15) is 36.5 Å². The van der Waals surface area contributed by atoms with Gasteiger partial charge in [0.2, 0.25) is 5.91 Å². The van der Waals surface area contributed by atoms with Crippen LogP contribution in [0.15, 0.2) is 12.1 Å². The minimum atomic E-state index is -1.19. The summed E-state index contributed by atoms with van der Waals surface area (Å²) in [6.07, 6.45) is 1.95. The van der Waals surface area contributed by atoms with E-state index in [9.17, 15) is 9.59 Å². The zero-order valence-corrected chi connectivity index (χ0v) is 11.3. The van der Waals surface area contributed by atoms with Gasteiger partial charge in [-0.15, -0.1) is 0 Å². The molecule has 0 fully saturated rings. The van der Waals surface area contributed by atoms with Crippen molar-refractivity contribution in [3.8, 4) is 0 Å². The van der Waals surface area contributed by atoms with E-state index in [0.29, 0.717) is 6.42 Å². The molecule has 0 aliphatic carbocycles. The third-order valence-corrected chi connectivity index (χ3v) is 2.82. The van der Waals surface area contributed by atoms with Gasteiger partial charge < -0.3 is 10.4 Å². The SMILES string of the molecule is CCCCC(=O)Nc1c(Cl)cc(Cl)cc1C(=O)O. The predicted octanol–water partition coefficient (Wildman–Crippen LogP) is 3.82. The number of aromatic carboxylic acids is 1. The number of hydrogen-bond donors (Lipinski definition) is 2. The Balaban J connectivity index is 3.00. The molecule has 0 spiro atoms. The van der Waals surface area contributed by atoms with E-state index in [4.69, 9.17) is 28.3 Å². The van der Waals surface area contributed by atoms with E-state index in [2.05, 4.69) is 5.32 Å². The molecule has 0 heterocycles. The highest BCUT2D eigenvalue weighted by molar-refractivity contribution is 6.37. The van der Waals surface area contributed by atoms with E-state index < -0.39 is 5.97 Å². The van der Waals surface area contributed by atoms with Crippen LogP contribution < -0.4 is 5.32 Å². The van der Waals surface area contributed by atoms with Crippen LogP contribution in [0.5, 0.6) is 0 Å². The topological polar surface area (TPSA) is 66.4 Å². The monoisotopic (exact) mass is 289 g/mol. The van der Waals surface area contributed by atoms with Crippen LogP contribution in [-0.2, 0) is 4.79 Å². The molecular weight excluding hydrogens is 277 g/mol. The van der Waals surface area contributed by atoms with Crippen LogP contribution in [0.25, 0.3) is 0 Å². The minimum Gasteiger partial charge on any atom is -0.478 e. The summed E-state index contributed by atoms with van der Waals surface area (Å²) in [5.41, 5.74) is -0.0213. The summed E-state index contributed by atoms with van der Waals surface area (Å²) in [5, 5.41) is 11.9. The second kappa shape index (κ2) is 6.61. The lowest BCUT2D eigenvalue weighted by Crippen LogP contribution is -2.14. The Morgan fingerprint density at radius 1 is 1.33 bits per heavy atom. The summed E-state index contributed by atoms with van der Waals surface area (Å²) in [6, 6.07) is 2.65.